The first-order valence-electron chi connectivity index (χ1n) is 6.85. The first kappa shape index (κ1) is 17.8. The Labute approximate surface area is 130 Å². The zero-order valence-electron chi connectivity index (χ0n) is 13.8. The summed E-state index contributed by atoms with van der Waals surface area (Å²) in [5.41, 5.74) is -0.389. The van der Waals surface area contributed by atoms with E-state index >= 15 is 0 Å². The Balaban J connectivity index is 3.55. The van der Waals surface area contributed by atoms with Gasteiger partial charge in [0.15, 0.2) is 0 Å². The third-order valence-electron chi connectivity index (χ3n) is 3.07. The van der Waals surface area contributed by atoms with Crippen molar-refractivity contribution in [3.05, 3.63) is 23.3 Å². The van der Waals surface area contributed by atoms with Gasteiger partial charge < -0.3 is 18.9 Å². The first-order chi connectivity index (χ1) is 10.3. The van der Waals surface area contributed by atoms with E-state index in [-0.39, 0.29) is 11.7 Å². The Kier molecular flexibility index (Phi) is 5.79. The lowest BCUT2D eigenvalue weighted by molar-refractivity contribution is -0.141. The molecular formula is C16H22O6. The smallest absolute Gasteiger partial charge is 0.342 e. The van der Waals surface area contributed by atoms with Crippen LogP contribution in [-0.2, 0) is 19.9 Å². The number of carbonyl (C=O) groups is 2. The monoisotopic (exact) mass is 310 g/mol. The van der Waals surface area contributed by atoms with Crippen molar-refractivity contribution in [3.63, 3.8) is 0 Å². The van der Waals surface area contributed by atoms with Crippen LogP contribution in [-0.4, -0.2) is 32.8 Å². The molecule has 0 bridgehead atoms. The second-order valence-corrected chi connectivity index (χ2v) is 5.43. The minimum Gasteiger partial charge on any atom is -0.497 e. The van der Waals surface area contributed by atoms with Gasteiger partial charge in [0.05, 0.1) is 20.3 Å². The van der Waals surface area contributed by atoms with E-state index in [2.05, 4.69) is 0 Å². The Morgan fingerprint density at radius 1 is 1.18 bits per heavy atom. The minimum atomic E-state index is -1.05. The van der Waals surface area contributed by atoms with Crippen LogP contribution in [0, 0.1) is 0 Å². The van der Waals surface area contributed by atoms with Gasteiger partial charge in [-0.1, -0.05) is 0 Å². The molecule has 1 rings (SSSR count). The average molecular weight is 310 g/mol. The molecule has 0 amide bonds. The van der Waals surface area contributed by atoms with E-state index in [4.69, 9.17) is 18.9 Å². The molecule has 6 heteroatoms. The van der Waals surface area contributed by atoms with Gasteiger partial charge in [-0.05, 0) is 33.8 Å². The van der Waals surface area contributed by atoms with Gasteiger partial charge in [-0.25, -0.2) is 4.79 Å². The van der Waals surface area contributed by atoms with E-state index in [9.17, 15) is 9.59 Å². The largest absolute Gasteiger partial charge is 0.497 e. The number of rotatable bonds is 7. The maximum absolute atomic E-state index is 12.4. The van der Waals surface area contributed by atoms with Crippen molar-refractivity contribution in [3.8, 4) is 11.5 Å². The number of benzene rings is 1. The van der Waals surface area contributed by atoms with Crippen molar-refractivity contribution in [2.45, 2.75) is 39.4 Å². The van der Waals surface area contributed by atoms with Crippen LogP contribution in [0.1, 0.15) is 43.6 Å². The third-order valence-corrected chi connectivity index (χ3v) is 3.07. The summed E-state index contributed by atoms with van der Waals surface area (Å²) in [4.78, 5) is 23.2. The molecule has 0 aliphatic carbocycles. The molecule has 0 aliphatic heterocycles. The van der Waals surface area contributed by atoms with E-state index in [1.807, 2.05) is 0 Å². The van der Waals surface area contributed by atoms with Crippen LogP contribution in [0.25, 0.3) is 0 Å². The molecule has 0 aromatic heterocycles. The molecule has 0 saturated carbocycles. The molecule has 0 spiro atoms. The highest BCUT2D eigenvalue weighted by atomic mass is 16.5. The van der Waals surface area contributed by atoms with Gasteiger partial charge in [0.25, 0.3) is 6.47 Å². The predicted octanol–water partition coefficient (Wildman–Crippen LogP) is 2.68. The van der Waals surface area contributed by atoms with Crippen LogP contribution < -0.4 is 9.47 Å². The molecule has 0 aliphatic rings. The van der Waals surface area contributed by atoms with Crippen LogP contribution in [0.2, 0.25) is 0 Å². The highest BCUT2D eigenvalue weighted by molar-refractivity contribution is 5.95. The van der Waals surface area contributed by atoms with Gasteiger partial charge in [-0.15, -0.1) is 0 Å². The molecule has 122 valence electrons. The summed E-state index contributed by atoms with van der Waals surface area (Å²) >= 11 is 0. The lowest BCUT2D eigenvalue weighted by atomic mass is 9.91. The van der Waals surface area contributed by atoms with Crippen molar-refractivity contribution in [1.82, 2.24) is 0 Å². The van der Waals surface area contributed by atoms with E-state index in [0.29, 0.717) is 23.5 Å². The van der Waals surface area contributed by atoms with Gasteiger partial charge in [0.2, 0.25) is 0 Å². The zero-order valence-corrected chi connectivity index (χ0v) is 13.8. The second kappa shape index (κ2) is 7.15. The fourth-order valence-electron chi connectivity index (χ4n) is 2.01. The van der Waals surface area contributed by atoms with Gasteiger partial charge in [-0.3, -0.25) is 4.79 Å². The van der Waals surface area contributed by atoms with E-state index < -0.39 is 11.6 Å². The van der Waals surface area contributed by atoms with Crippen molar-refractivity contribution in [2.24, 2.45) is 0 Å². The second-order valence-electron chi connectivity index (χ2n) is 5.43. The predicted molar refractivity (Wildman–Crippen MR) is 80.3 cm³/mol. The lowest BCUT2D eigenvalue weighted by Crippen LogP contribution is -2.26. The molecule has 6 nitrogen and oxygen atoms in total. The van der Waals surface area contributed by atoms with E-state index in [0.717, 1.165) is 0 Å². The Bertz CT molecular complexity index is 548. The summed E-state index contributed by atoms with van der Waals surface area (Å²) in [7, 11) is 2.94. The molecule has 0 saturated heterocycles. The van der Waals surface area contributed by atoms with Gasteiger partial charge in [-0.2, -0.15) is 0 Å². The van der Waals surface area contributed by atoms with E-state index in [1.54, 1.807) is 39.8 Å². The van der Waals surface area contributed by atoms with Crippen molar-refractivity contribution < 1.29 is 28.5 Å². The molecule has 1 aromatic rings. The molecular weight excluding hydrogens is 288 g/mol. The molecule has 0 atom stereocenters. The molecule has 0 unspecified atom stereocenters. The normalized spacial score (nSPS) is 11.0. The number of ether oxygens (including phenoxy) is 4. The van der Waals surface area contributed by atoms with Gasteiger partial charge >= 0.3 is 5.97 Å². The summed E-state index contributed by atoms with van der Waals surface area (Å²) < 4.78 is 20.9. The van der Waals surface area contributed by atoms with Crippen LogP contribution in [0.3, 0.4) is 0 Å². The van der Waals surface area contributed by atoms with Crippen LogP contribution in [0.15, 0.2) is 12.1 Å². The minimum absolute atomic E-state index is 0.212. The Morgan fingerprint density at radius 2 is 1.82 bits per heavy atom. The number of esters is 1. The molecule has 22 heavy (non-hydrogen) atoms. The summed E-state index contributed by atoms with van der Waals surface area (Å²) in [5, 5.41) is 0. The SMILES string of the molecule is COc1cc(OC)c(C(=O)OC(C)C)c(C(C)(C)OC=O)c1. The van der Waals surface area contributed by atoms with Gasteiger partial charge in [0, 0.05) is 11.6 Å². The molecule has 0 heterocycles. The lowest BCUT2D eigenvalue weighted by Gasteiger charge is -2.27. The Hall–Kier alpha value is -2.24. The Morgan fingerprint density at radius 3 is 2.27 bits per heavy atom. The summed E-state index contributed by atoms with van der Waals surface area (Å²) in [6.07, 6.45) is -0.290. The van der Waals surface area contributed by atoms with Crippen LogP contribution in [0.4, 0.5) is 0 Å². The fourth-order valence-corrected chi connectivity index (χ4v) is 2.01. The van der Waals surface area contributed by atoms with Crippen molar-refractivity contribution >= 4 is 12.4 Å². The highest BCUT2D eigenvalue weighted by Crippen LogP contribution is 2.37. The highest BCUT2D eigenvalue weighted by Gasteiger charge is 2.32. The maximum atomic E-state index is 12.4. The fraction of sp³-hybridized carbons (Fsp3) is 0.500. The van der Waals surface area contributed by atoms with E-state index in [1.165, 1.54) is 14.2 Å². The molecule has 0 fully saturated rings. The quantitative estimate of drug-likeness (QED) is 0.569. The molecule has 1 aromatic carbocycles. The summed E-state index contributed by atoms with van der Waals surface area (Å²) in [6, 6.07) is 3.21. The first-order valence-corrected chi connectivity index (χ1v) is 6.85. The maximum Gasteiger partial charge on any atom is 0.342 e. The number of methoxy groups -OCH3 is 2. The van der Waals surface area contributed by atoms with Gasteiger partial charge in [0.1, 0.15) is 22.7 Å². The molecule has 0 radical (unpaired) electrons. The van der Waals surface area contributed by atoms with Crippen molar-refractivity contribution in [2.75, 3.05) is 14.2 Å². The summed E-state index contributed by atoms with van der Waals surface area (Å²) in [5.74, 6) is 0.227. The van der Waals surface area contributed by atoms with Crippen LogP contribution in [0.5, 0.6) is 11.5 Å². The average Bonchev–Trinajstić information content (AvgIpc) is 2.44. The number of carbonyl (C=O) groups excluding carboxylic acids is 2. The number of hydrogen-bond acceptors (Lipinski definition) is 6. The zero-order chi connectivity index (χ0) is 16.9. The van der Waals surface area contributed by atoms with Crippen LogP contribution >= 0.6 is 0 Å². The van der Waals surface area contributed by atoms with Crippen molar-refractivity contribution in [1.29, 1.82) is 0 Å². The third kappa shape index (κ3) is 3.90. The standard InChI is InChI=1S/C16H22O6/c1-10(2)22-15(18)14-12(16(3,4)21-9-17)7-11(19-5)8-13(14)20-6/h7-10H,1-6H3. The summed E-state index contributed by atoms with van der Waals surface area (Å²) in [6.45, 7) is 7.17. The topological polar surface area (TPSA) is 71.1 Å². The molecule has 0 N–H and O–H groups in total. The number of hydrogen-bond donors (Lipinski definition) is 0.